The Labute approximate surface area is 126 Å². The van der Waals surface area contributed by atoms with Crippen molar-refractivity contribution in [2.24, 2.45) is 11.3 Å². The van der Waals surface area contributed by atoms with E-state index >= 15 is 0 Å². The van der Waals surface area contributed by atoms with Crippen molar-refractivity contribution in [3.05, 3.63) is 35.9 Å². The summed E-state index contributed by atoms with van der Waals surface area (Å²) in [6.07, 6.45) is 4.03. The van der Waals surface area contributed by atoms with Crippen LogP contribution in [0.2, 0.25) is 0 Å². The van der Waals surface area contributed by atoms with Crippen LogP contribution in [0.15, 0.2) is 30.3 Å². The standard InChI is InChI=1S/C18H23NO2/c1-12(20)19-11-14-10-15(21)17(13-6-3-2-4-7-13)18(14)9-5-8-16(18)19/h2-4,6-7,14-17,21H,5,8-11H2,1H3/t14-,15-,16+,17-,18-/m1/s1. The molecule has 0 bridgehead atoms. The Balaban J connectivity index is 1.80. The summed E-state index contributed by atoms with van der Waals surface area (Å²) in [5.41, 5.74) is 1.37. The van der Waals surface area contributed by atoms with Gasteiger partial charge in [0.25, 0.3) is 0 Å². The van der Waals surface area contributed by atoms with Crippen molar-refractivity contribution in [3.63, 3.8) is 0 Å². The van der Waals surface area contributed by atoms with Crippen molar-refractivity contribution >= 4 is 5.91 Å². The maximum absolute atomic E-state index is 12.0. The molecule has 0 unspecified atom stereocenters. The van der Waals surface area contributed by atoms with Gasteiger partial charge in [0.2, 0.25) is 5.91 Å². The number of likely N-dealkylation sites (tertiary alicyclic amines) is 1. The van der Waals surface area contributed by atoms with Crippen molar-refractivity contribution in [1.29, 1.82) is 0 Å². The van der Waals surface area contributed by atoms with Gasteiger partial charge >= 0.3 is 0 Å². The van der Waals surface area contributed by atoms with E-state index < -0.39 is 0 Å². The van der Waals surface area contributed by atoms with E-state index in [1.807, 2.05) is 6.07 Å². The Morgan fingerprint density at radius 1 is 1.33 bits per heavy atom. The van der Waals surface area contributed by atoms with Gasteiger partial charge in [0, 0.05) is 30.8 Å². The van der Waals surface area contributed by atoms with Gasteiger partial charge in [-0.15, -0.1) is 0 Å². The highest BCUT2D eigenvalue weighted by atomic mass is 16.3. The maximum atomic E-state index is 12.0. The highest BCUT2D eigenvalue weighted by molar-refractivity contribution is 5.74. The molecule has 3 aliphatic rings. The normalized spacial score (nSPS) is 41.1. The third-order valence-corrected chi connectivity index (χ3v) is 6.31. The van der Waals surface area contributed by atoms with Gasteiger partial charge in [0.15, 0.2) is 0 Å². The minimum atomic E-state index is -0.257. The number of benzene rings is 1. The first kappa shape index (κ1) is 13.3. The van der Waals surface area contributed by atoms with Gasteiger partial charge in [-0.25, -0.2) is 0 Å². The van der Waals surface area contributed by atoms with E-state index in [4.69, 9.17) is 0 Å². The molecule has 1 aromatic carbocycles. The minimum absolute atomic E-state index is 0.118. The molecule has 0 radical (unpaired) electrons. The second kappa shape index (κ2) is 4.57. The number of aliphatic hydroxyl groups excluding tert-OH is 1. The summed E-state index contributed by atoms with van der Waals surface area (Å²) >= 11 is 0. The summed E-state index contributed by atoms with van der Waals surface area (Å²) in [5, 5.41) is 10.7. The van der Waals surface area contributed by atoms with Gasteiger partial charge in [0.05, 0.1) is 6.10 Å². The third-order valence-electron chi connectivity index (χ3n) is 6.31. The largest absolute Gasteiger partial charge is 0.392 e. The van der Waals surface area contributed by atoms with E-state index in [0.717, 1.165) is 25.8 Å². The Bertz CT molecular complexity index is 558. The molecule has 2 saturated carbocycles. The maximum Gasteiger partial charge on any atom is 0.219 e. The lowest BCUT2D eigenvalue weighted by atomic mass is 9.68. The predicted molar refractivity (Wildman–Crippen MR) is 80.8 cm³/mol. The predicted octanol–water partition coefficient (Wildman–Crippen LogP) is 2.55. The molecule has 1 amide bonds. The molecular weight excluding hydrogens is 262 g/mol. The summed E-state index contributed by atoms with van der Waals surface area (Å²) in [7, 11) is 0. The quantitative estimate of drug-likeness (QED) is 0.861. The summed E-state index contributed by atoms with van der Waals surface area (Å²) in [5.74, 6) is 0.867. The van der Waals surface area contributed by atoms with Crippen LogP contribution in [0.1, 0.15) is 44.1 Å². The molecule has 21 heavy (non-hydrogen) atoms. The van der Waals surface area contributed by atoms with E-state index in [0.29, 0.717) is 12.0 Å². The molecule has 1 N–H and O–H groups in total. The highest BCUT2D eigenvalue weighted by Gasteiger charge is 2.65. The van der Waals surface area contributed by atoms with Gasteiger partial charge in [-0.1, -0.05) is 36.8 Å². The zero-order valence-corrected chi connectivity index (χ0v) is 12.5. The summed E-state index contributed by atoms with van der Waals surface area (Å²) in [4.78, 5) is 14.1. The number of carbonyl (C=O) groups is 1. The lowest BCUT2D eigenvalue weighted by Crippen LogP contribution is -2.42. The average molecular weight is 285 g/mol. The molecule has 1 heterocycles. The fourth-order valence-electron chi connectivity index (χ4n) is 5.73. The summed E-state index contributed by atoms with van der Waals surface area (Å²) < 4.78 is 0. The third kappa shape index (κ3) is 1.67. The molecular formula is C18H23NO2. The Morgan fingerprint density at radius 2 is 2.10 bits per heavy atom. The van der Waals surface area contributed by atoms with Gasteiger partial charge in [-0.2, -0.15) is 0 Å². The molecule has 1 saturated heterocycles. The summed E-state index contributed by atoms with van der Waals surface area (Å²) in [6.45, 7) is 2.54. The molecule has 3 heteroatoms. The summed E-state index contributed by atoms with van der Waals surface area (Å²) in [6, 6.07) is 10.8. The molecule has 3 fully saturated rings. The fourth-order valence-corrected chi connectivity index (χ4v) is 5.73. The van der Waals surface area contributed by atoms with Crippen LogP contribution in [-0.4, -0.2) is 34.6 Å². The van der Waals surface area contributed by atoms with Crippen molar-refractivity contribution in [2.45, 2.75) is 50.7 Å². The van der Waals surface area contributed by atoms with Crippen LogP contribution in [0.25, 0.3) is 0 Å². The van der Waals surface area contributed by atoms with E-state index in [1.54, 1.807) is 6.92 Å². The van der Waals surface area contributed by atoms with Crippen molar-refractivity contribution in [2.75, 3.05) is 6.54 Å². The average Bonchev–Trinajstić information content (AvgIpc) is 3.07. The monoisotopic (exact) mass is 285 g/mol. The number of hydrogen-bond donors (Lipinski definition) is 1. The van der Waals surface area contributed by atoms with E-state index in [2.05, 4.69) is 29.2 Å². The Morgan fingerprint density at radius 3 is 2.81 bits per heavy atom. The van der Waals surface area contributed by atoms with Crippen LogP contribution < -0.4 is 0 Å². The van der Waals surface area contributed by atoms with E-state index in [1.165, 1.54) is 12.0 Å². The number of rotatable bonds is 1. The van der Waals surface area contributed by atoms with Crippen LogP contribution in [0.5, 0.6) is 0 Å². The van der Waals surface area contributed by atoms with Gasteiger partial charge in [-0.3, -0.25) is 4.79 Å². The molecule has 0 aromatic heterocycles. The van der Waals surface area contributed by atoms with Crippen LogP contribution in [0.4, 0.5) is 0 Å². The first-order chi connectivity index (χ1) is 10.1. The molecule has 1 spiro atoms. The van der Waals surface area contributed by atoms with Crippen molar-refractivity contribution in [3.8, 4) is 0 Å². The Hall–Kier alpha value is -1.35. The second-order valence-corrected chi connectivity index (χ2v) is 7.08. The second-order valence-electron chi connectivity index (χ2n) is 7.08. The number of aliphatic hydroxyl groups is 1. The minimum Gasteiger partial charge on any atom is -0.392 e. The molecule has 3 nitrogen and oxygen atoms in total. The number of carbonyl (C=O) groups excluding carboxylic acids is 1. The molecule has 4 rings (SSSR count). The van der Waals surface area contributed by atoms with Gasteiger partial charge in [0.1, 0.15) is 0 Å². The zero-order valence-electron chi connectivity index (χ0n) is 12.5. The first-order valence-electron chi connectivity index (χ1n) is 8.15. The number of nitrogens with zero attached hydrogens (tertiary/aromatic N) is 1. The molecule has 112 valence electrons. The van der Waals surface area contributed by atoms with Gasteiger partial charge < -0.3 is 10.0 Å². The fraction of sp³-hybridized carbons (Fsp3) is 0.611. The molecule has 5 atom stereocenters. The van der Waals surface area contributed by atoms with Crippen LogP contribution >= 0.6 is 0 Å². The Kier molecular flexibility index (Phi) is 2.90. The number of amides is 1. The molecule has 1 aromatic rings. The smallest absolute Gasteiger partial charge is 0.219 e. The zero-order chi connectivity index (χ0) is 14.6. The van der Waals surface area contributed by atoms with E-state index in [-0.39, 0.29) is 23.3 Å². The van der Waals surface area contributed by atoms with Crippen molar-refractivity contribution < 1.29 is 9.90 Å². The first-order valence-corrected chi connectivity index (χ1v) is 8.15. The lowest BCUT2D eigenvalue weighted by Gasteiger charge is -2.38. The van der Waals surface area contributed by atoms with Crippen LogP contribution in [-0.2, 0) is 4.79 Å². The van der Waals surface area contributed by atoms with Gasteiger partial charge in [-0.05, 0) is 30.7 Å². The molecule has 2 aliphatic carbocycles. The van der Waals surface area contributed by atoms with Crippen LogP contribution in [0, 0.1) is 11.3 Å². The number of hydrogen-bond acceptors (Lipinski definition) is 2. The van der Waals surface area contributed by atoms with Crippen molar-refractivity contribution in [1.82, 2.24) is 4.90 Å². The SMILES string of the molecule is CC(=O)N1C[C@H]2C[C@@H](O)[C@@H](c3ccccc3)[C@]23CCC[C@H]13. The lowest BCUT2D eigenvalue weighted by molar-refractivity contribution is -0.130. The van der Waals surface area contributed by atoms with E-state index in [9.17, 15) is 9.90 Å². The van der Waals surface area contributed by atoms with Crippen LogP contribution in [0.3, 0.4) is 0 Å². The molecule has 1 aliphatic heterocycles. The highest BCUT2D eigenvalue weighted by Crippen LogP contribution is 2.65. The topological polar surface area (TPSA) is 40.5 Å².